The van der Waals surface area contributed by atoms with E-state index in [1.165, 1.54) is 19.2 Å². The van der Waals surface area contributed by atoms with Gasteiger partial charge in [-0.15, -0.1) is 0 Å². The van der Waals surface area contributed by atoms with E-state index in [0.717, 1.165) is 5.56 Å². The Labute approximate surface area is 135 Å². The molecule has 1 saturated heterocycles. The average molecular weight is 340 g/mol. The maximum atomic E-state index is 12.1. The van der Waals surface area contributed by atoms with Crippen LogP contribution in [0.1, 0.15) is 18.4 Å². The first-order valence-corrected chi connectivity index (χ1v) is 8.85. The van der Waals surface area contributed by atoms with Crippen molar-refractivity contribution in [3.05, 3.63) is 29.8 Å². The molecule has 1 unspecified atom stereocenters. The number of rotatable bonds is 6. The molecule has 1 aliphatic heterocycles. The number of amides is 1. The first kappa shape index (κ1) is 17.4. The third kappa shape index (κ3) is 4.29. The number of benzene rings is 1. The molecule has 2 rings (SSSR count). The summed E-state index contributed by atoms with van der Waals surface area (Å²) in [5.41, 5.74) is 0.863. The molecule has 8 heteroatoms. The Balaban J connectivity index is 1.89. The molecule has 1 fully saturated rings. The van der Waals surface area contributed by atoms with Crippen molar-refractivity contribution in [3.8, 4) is 0 Å². The molecule has 7 nitrogen and oxygen atoms in total. The number of carboxylic acid groups (broad SMARTS) is 1. The SMILES string of the molecule is CNS(=O)(=O)c1ccc(CCC(=O)N2CCC(C(=O)O)C2)cc1. The van der Waals surface area contributed by atoms with Gasteiger partial charge in [0, 0.05) is 19.5 Å². The zero-order chi connectivity index (χ0) is 17.0. The average Bonchev–Trinajstić information content (AvgIpc) is 3.03. The number of hydrogen-bond donors (Lipinski definition) is 2. The standard InChI is InChI=1S/C15H20N2O5S/c1-16-23(21,22)13-5-2-11(3-6-13)4-7-14(18)17-9-8-12(10-17)15(19)20/h2-3,5-6,12,16H,4,7-10H2,1H3,(H,19,20). The highest BCUT2D eigenvalue weighted by atomic mass is 32.2. The lowest BCUT2D eigenvalue weighted by Gasteiger charge is -2.15. The highest BCUT2D eigenvalue weighted by molar-refractivity contribution is 7.89. The maximum Gasteiger partial charge on any atom is 0.308 e. The van der Waals surface area contributed by atoms with Gasteiger partial charge in [0.2, 0.25) is 15.9 Å². The van der Waals surface area contributed by atoms with Crippen molar-refractivity contribution in [1.29, 1.82) is 0 Å². The van der Waals surface area contributed by atoms with Crippen LogP contribution in [0.2, 0.25) is 0 Å². The van der Waals surface area contributed by atoms with E-state index in [4.69, 9.17) is 5.11 Å². The van der Waals surface area contributed by atoms with E-state index in [1.807, 2.05) is 0 Å². The molecule has 1 amide bonds. The van der Waals surface area contributed by atoms with E-state index in [0.29, 0.717) is 19.4 Å². The number of nitrogens with one attached hydrogen (secondary N) is 1. The van der Waals surface area contributed by atoms with Crippen LogP contribution in [0.15, 0.2) is 29.2 Å². The lowest BCUT2D eigenvalue weighted by molar-refractivity contribution is -0.141. The molecular formula is C15H20N2O5S. The van der Waals surface area contributed by atoms with Gasteiger partial charge in [0.15, 0.2) is 0 Å². The van der Waals surface area contributed by atoms with Gasteiger partial charge >= 0.3 is 5.97 Å². The molecule has 0 spiro atoms. The molecule has 0 bridgehead atoms. The van der Waals surface area contributed by atoms with E-state index in [9.17, 15) is 18.0 Å². The summed E-state index contributed by atoms with van der Waals surface area (Å²) in [6.07, 6.45) is 1.27. The number of nitrogens with zero attached hydrogens (tertiary/aromatic N) is 1. The second-order valence-corrected chi connectivity index (χ2v) is 7.40. The summed E-state index contributed by atoms with van der Waals surface area (Å²) in [6.45, 7) is 0.753. The van der Waals surface area contributed by atoms with Gasteiger partial charge in [0.1, 0.15) is 0 Å². The zero-order valence-electron chi connectivity index (χ0n) is 12.9. The Hall–Kier alpha value is -1.93. The van der Waals surface area contributed by atoms with Gasteiger partial charge < -0.3 is 10.0 Å². The van der Waals surface area contributed by atoms with Crippen molar-refractivity contribution in [2.24, 2.45) is 5.92 Å². The van der Waals surface area contributed by atoms with Crippen molar-refractivity contribution in [1.82, 2.24) is 9.62 Å². The first-order chi connectivity index (χ1) is 10.8. The monoisotopic (exact) mass is 340 g/mol. The minimum Gasteiger partial charge on any atom is -0.481 e. The lowest BCUT2D eigenvalue weighted by Crippen LogP contribution is -2.30. The van der Waals surface area contributed by atoms with Crippen LogP contribution in [-0.4, -0.2) is 50.4 Å². The predicted octanol–water partition coefficient (Wildman–Crippen LogP) is 0.460. The van der Waals surface area contributed by atoms with Crippen molar-refractivity contribution in [2.45, 2.75) is 24.2 Å². The normalized spacial score (nSPS) is 18.1. The third-order valence-electron chi connectivity index (χ3n) is 4.02. The summed E-state index contributed by atoms with van der Waals surface area (Å²) in [4.78, 5) is 24.7. The smallest absolute Gasteiger partial charge is 0.308 e. The van der Waals surface area contributed by atoms with Crippen molar-refractivity contribution < 1.29 is 23.1 Å². The summed E-state index contributed by atoms with van der Waals surface area (Å²) in [6, 6.07) is 6.37. The highest BCUT2D eigenvalue weighted by Gasteiger charge is 2.30. The molecule has 1 heterocycles. The molecule has 0 aliphatic carbocycles. The Bertz CT molecular complexity index is 684. The minimum absolute atomic E-state index is 0.0688. The lowest BCUT2D eigenvalue weighted by atomic mass is 10.1. The summed E-state index contributed by atoms with van der Waals surface area (Å²) >= 11 is 0. The number of carboxylic acids is 1. The second kappa shape index (κ2) is 7.10. The number of sulfonamides is 1. The molecular weight excluding hydrogens is 320 g/mol. The van der Waals surface area contributed by atoms with Crippen LogP contribution < -0.4 is 4.72 Å². The van der Waals surface area contributed by atoms with Crippen molar-refractivity contribution in [2.75, 3.05) is 20.1 Å². The van der Waals surface area contributed by atoms with Crippen LogP contribution in [0, 0.1) is 5.92 Å². The van der Waals surface area contributed by atoms with Crippen LogP contribution in [0.25, 0.3) is 0 Å². The number of aryl methyl sites for hydroxylation is 1. The molecule has 1 aromatic carbocycles. The van der Waals surface area contributed by atoms with E-state index < -0.39 is 21.9 Å². The molecule has 126 valence electrons. The Morgan fingerprint density at radius 3 is 2.48 bits per heavy atom. The first-order valence-electron chi connectivity index (χ1n) is 7.36. The van der Waals surface area contributed by atoms with E-state index >= 15 is 0 Å². The van der Waals surface area contributed by atoms with Gasteiger partial charge in [-0.25, -0.2) is 13.1 Å². The van der Waals surface area contributed by atoms with Crippen LogP contribution in [0.3, 0.4) is 0 Å². The third-order valence-corrected chi connectivity index (χ3v) is 5.45. The van der Waals surface area contributed by atoms with E-state index in [2.05, 4.69) is 4.72 Å². The van der Waals surface area contributed by atoms with E-state index in [-0.39, 0.29) is 23.8 Å². The summed E-state index contributed by atoms with van der Waals surface area (Å²) in [5, 5.41) is 8.94. The van der Waals surface area contributed by atoms with Crippen molar-refractivity contribution in [3.63, 3.8) is 0 Å². The van der Waals surface area contributed by atoms with Gasteiger partial charge in [-0.1, -0.05) is 12.1 Å². The largest absolute Gasteiger partial charge is 0.481 e. The molecule has 0 aromatic heterocycles. The second-order valence-electron chi connectivity index (χ2n) is 5.52. The summed E-state index contributed by atoms with van der Waals surface area (Å²) in [7, 11) is -2.10. The molecule has 2 N–H and O–H groups in total. The van der Waals surface area contributed by atoms with Crippen LogP contribution in [0.5, 0.6) is 0 Å². The highest BCUT2D eigenvalue weighted by Crippen LogP contribution is 2.18. The Kier molecular flexibility index (Phi) is 5.38. The fourth-order valence-corrected chi connectivity index (χ4v) is 3.28. The predicted molar refractivity (Wildman–Crippen MR) is 83.3 cm³/mol. The minimum atomic E-state index is -3.45. The molecule has 1 atom stereocenters. The molecule has 23 heavy (non-hydrogen) atoms. The van der Waals surface area contributed by atoms with Crippen LogP contribution in [-0.2, 0) is 26.0 Å². The Morgan fingerprint density at radius 1 is 1.30 bits per heavy atom. The van der Waals surface area contributed by atoms with Crippen LogP contribution in [0.4, 0.5) is 0 Å². The fourth-order valence-electron chi connectivity index (χ4n) is 2.55. The van der Waals surface area contributed by atoms with Crippen molar-refractivity contribution >= 4 is 21.9 Å². The van der Waals surface area contributed by atoms with Gasteiger partial charge in [0.25, 0.3) is 0 Å². The van der Waals surface area contributed by atoms with Gasteiger partial charge in [-0.2, -0.15) is 0 Å². The Morgan fingerprint density at radius 2 is 1.96 bits per heavy atom. The van der Waals surface area contributed by atoms with Gasteiger partial charge in [-0.05, 0) is 37.6 Å². The zero-order valence-corrected chi connectivity index (χ0v) is 13.7. The fraction of sp³-hybridized carbons (Fsp3) is 0.467. The summed E-state index contributed by atoms with van der Waals surface area (Å²) in [5.74, 6) is -1.40. The molecule has 1 aliphatic rings. The van der Waals surface area contributed by atoms with Gasteiger partial charge in [-0.3, -0.25) is 9.59 Å². The molecule has 0 saturated carbocycles. The maximum absolute atomic E-state index is 12.1. The number of carbonyl (C=O) groups excluding carboxylic acids is 1. The number of carbonyl (C=O) groups is 2. The van der Waals surface area contributed by atoms with Gasteiger partial charge in [0.05, 0.1) is 10.8 Å². The number of aliphatic carboxylic acids is 1. The van der Waals surface area contributed by atoms with E-state index in [1.54, 1.807) is 17.0 Å². The number of hydrogen-bond acceptors (Lipinski definition) is 4. The molecule has 0 radical (unpaired) electrons. The van der Waals surface area contributed by atoms with Crippen LogP contribution >= 0.6 is 0 Å². The topological polar surface area (TPSA) is 104 Å². The molecule has 1 aromatic rings. The quantitative estimate of drug-likeness (QED) is 0.783. The number of likely N-dealkylation sites (tertiary alicyclic amines) is 1. The summed E-state index contributed by atoms with van der Waals surface area (Å²) < 4.78 is 25.5.